The summed E-state index contributed by atoms with van der Waals surface area (Å²) in [5.41, 5.74) is 2.59. The monoisotopic (exact) mass is 450 g/mol. The highest BCUT2D eigenvalue weighted by molar-refractivity contribution is 9.10. The van der Waals surface area contributed by atoms with Gasteiger partial charge in [-0.1, -0.05) is 24.6 Å². The standard InChI is InChI=1S/C20H23BrN2O3S/c1-15-5-10-19(18(21)13-15)22-20(24)14-16-6-8-17(9-7-16)27(25,26)23-11-3-2-4-12-23/h5-10,13H,2-4,11-12,14H2,1H3,(H,22,24). The minimum Gasteiger partial charge on any atom is -0.325 e. The summed E-state index contributed by atoms with van der Waals surface area (Å²) in [5.74, 6) is -0.147. The van der Waals surface area contributed by atoms with E-state index in [1.54, 1.807) is 28.6 Å². The maximum atomic E-state index is 12.7. The van der Waals surface area contributed by atoms with E-state index in [0.717, 1.165) is 40.5 Å². The Morgan fingerprint density at radius 1 is 1.07 bits per heavy atom. The van der Waals surface area contributed by atoms with E-state index in [4.69, 9.17) is 0 Å². The number of aryl methyl sites for hydroxylation is 1. The number of anilines is 1. The van der Waals surface area contributed by atoms with Gasteiger partial charge in [-0.25, -0.2) is 8.42 Å². The molecule has 1 heterocycles. The molecule has 0 unspecified atom stereocenters. The van der Waals surface area contributed by atoms with E-state index in [1.807, 2.05) is 25.1 Å². The molecule has 7 heteroatoms. The minimum atomic E-state index is -3.44. The first kappa shape index (κ1) is 20.0. The van der Waals surface area contributed by atoms with Crippen LogP contribution in [-0.2, 0) is 21.2 Å². The van der Waals surface area contributed by atoms with Gasteiger partial charge in [-0.2, -0.15) is 4.31 Å². The van der Waals surface area contributed by atoms with Crippen LogP contribution in [0, 0.1) is 6.92 Å². The molecule has 1 fully saturated rings. The van der Waals surface area contributed by atoms with Gasteiger partial charge in [-0.3, -0.25) is 4.79 Å². The fourth-order valence-electron chi connectivity index (χ4n) is 3.13. The largest absolute Gasteiger partial charge is 0.325 e. The quantitative estimate of drug-likeness (QED) is 0.744. The third kappa shape index (κ3) is 4.97. The van der Waals surface area contributed by atoms with Crippen molar-refractivity contribution in [2.24, 2.45) is 0 Å². The van der Waals surface area contributed by atoms with Gasteiger partial charge in [0, 0.05) is 17.6 Å². The molecule has 144 valence electrons. The predicted octanol–water partition coefficient (Wildman–Crippen LogP) is 4.11. The predicted molar refractivity (Wildman–Crippen MR) is 110 cm³/mol. The van der Waals surface area contributed by atoms with E-state index in [9.17, 15) is 13.2 Å². The summed E-state index contributed by atoms with van der Waals surface area (Å²) < 4.78 is 27.7. The Labute approximate surface area is 169 Å². The number of nitrogens with one attached hydrogen (secondary N) is 1. The first-order valence-electron chi connectivity index (χ1n) is 9.01. The first-order chi connectivity index (χ1) is 12.9. The van der Waals surface area contributed by atoms with Crippen LogP contribution in [0.4, 0.5) is 5.69 Å². The van der Waals surface area contributed by atoms with Crippen molar-refractivity contribution >= 4 is 37.5 Å². The molecule has 1 N–H and O–H groups in total. The molecule has 2 aromatic rings. The second-order valence-electron chi connectivity index (χ2n) is 6.82. The lowest BCUT2D eigenvalue weighted by Gasteiger charge is -2.25. The van der Waals surface area contributed by atoms with Crippen molar-refractivity contribution in [1.82, 2.24) is 4.31 Å². The highest BCUT2D eigenvalue weighted by Gasteiger charge is 2.25. The molecular weight excluding hydrogens is 428 g/mol. The molecule has 2 aromatic carbocycles. The van der Waals surface area contributed by atoms with Gasteiger partial charge in [0.15, 0.2) is 0 Å². The molecule has 3 rings (SSSR count). The van der Waals surface area contributed by atoms with Crippen LogP contribution >= 0.6 is 15.9 Å². The van der Waals surface area contributed by atoms with E-state index in [2.05, 4.69) is 21.2 Å². The van der Waals surface area contributed by atoms with Crippen LogP contribution in [0.2, 0.25) is 0 Å². The Kier molecular flexibility index (Phi) is 6.34. The fraction of sp³-hybridized carbons (Fsp3) is 0.350. The van der Waals surface area contributed by atoms with Crippen LogP contribution in [0.1, 0.15) is 30.4 Å². The van der Waals surface area contributed by atoms with Gasteiger partial charge in [0.05, 0.1) is 17.0 Å². The Morgan fingerprint density at radius 3 is 2.37 bits per heavy atom. The molecule has 1 aliphatic heterocycles. The van der Waals surface area contributed by atoms with Crippen LogP contribution in [0.15, 0.2) is 51.8 Å². The van der Waals surface area contributed by atoms with Gasteiger partial charge in [0.2, 0.25) is 15.9 Å². The molecular formula is C20H23BrN2O3S. The van der Waals surface area contributed by atoms with Crippen LogP contribution in [0.3, 0.4) is 0 Å². The summed E-state index contributed by atoms with van der Waals surface area (Å²) in [6.45, 7) is 3.14. The number of rotatable bonds is 5. The number of hydrogen-bond donors (Lipinski definition) is 1. The molecule has 0 atom stereocenters. The Bertz CT molecular complexity index is 921. The zero-order valence-corrected chi connectivity index (χ0v) is 17.6. The molecule has 1 saturated heterocycles. The molecule has 5 nitrogen and oxygen atoms in total. The summed E-state index contributed by atoms with van der Waals surface area (Å²) in [4.78, 5) is 12.6. The van der Waals surface area contributed by atoms with Crippen LogP contribution in [-0.4, -0.2) is 31.7 Å². The molecule has 1 aliphatic rings. The highest BCUT2D eigenvalue weighted by atomic mass is 79.9. The van der Waals surface area contributed by atoms with Crippen molar-refractivity contribution in [3.63, 3.8) is 0 Å². The topological polar surface area (TPSA) is 66.5 Å². The molecule has 0 bridgehead atoms. The summed E-state index contributed by atoms with van der Waals surface area (Å²) in [7, 11) is -3.44. The number of nitrogens with zero attached hydrogens (tertiary/aromatic N) is 1. The number of amides is 1. The van der Waals surface area contributed by atoms with E-state index >= 15 is 0 Å². The van der Waals surface area contributed by atoms with Gasteiger partial charge in [-0.15, -0.1) is 0 Å². The third-order valence-corrected chi connectivity index (χ3v) is 7.21. The lowest BCUT2D eigenvalue weighted by atomic mass is 10.1. The van der Waals surface area contributed by atoms with Gasteiger partial charge in [0.25, 0.3) is 0 Å². The van der Waals surface area contributed by atoms with Crippen LogP contribution in [0.5, 0.6) is 0 Å². The van der Waals surface area contributed by atoms with Gasteiger partial charge in [-0.05, 0) is 71.1 Å². The maximum absolute atomic E-state index is 12.7. The molecule has 0 radical (unpaired) electrons. The molecule has 0 aliphatic carbocycles. The molecule has 0 spiro atoms. The SMILES string of the molecule is Cc1ccc(NC(=O)Cc2ccc(S(=O)(=O)N3CCCCC3)cc2)c(Br)c1. The number of carbonyl (C=O) groups excluding carboxylic acids is 1. The average molecular weight is 451 g/mol. The number of carbonyl (C=O) groups is 1. The number of hydrogen-bond acceptors (Lipinski definition) is 3. The van der Waals surface area contributed by atoms with Gasteiger partial charge >= 0.3 is 0 Å². The zero-order chi connectivity index (χ0) is 19.4. The Morgan fingerprint density at radius 2 is 1.74 bits per heavy atom. The summed E-state index contributed by atoms with van der Waals surface area (Å²) >= 11 is 3.44. The summed E-state index contributed by atoms with van der Waals surface area (Å²) in [5, 5.41) is 2.87. The van der Waals surface area contributed by atoms with Crippen LogP contribution < -0.4 is 5.32 Å². The van der Waals surface area contributed by atoms with Crippen LogP contribution in [0.25, 0.3) is 0 Å². The number of benzene rings is 2. The minimum absolute atomic E-state index is 0.147. The van der Waals surface area contributed by atoms with E-state index < -0.39 is 10.0 Å². The second-order valence-corrected chi connectivity index (χ2v) is 9.61. The Balaban J connectivity index is 1.65. The molecule has 27 heavy (non-hydrogen) atoms. The van der Waals surface area contributed by atoms with Crippen molar-refractivity contribution in [3.05, 3.63) is 58.1 Å². The fourth-order valence-corrected chi connectivity index (χ4v) is 5.24. The lowest BCUT2D eigenvalue weighted by Crippen LogP contribution is -2.35. The maximum Gasteiger partial charge on any atom is 0.243 e. The second kappa shape index (κ2) is 8.54. The number of piperidine rings is 1. The lowest BCUT2D eigenvalue weighted by molar-refractivity contribution is -0.115. The number of halogens is 1. The van der Waals surface area contributed by atoms with Gasteiger partial charge in [0.1, 0.15) is 0 Å². The van der Waals surface area contributed by atoms with Gasteiger partial charge < -0.3 is 5.32 Å². The van der Waals surface area contributed by atoms with E-state index in [0.29, 0.717) is 13.1 Å². The zero-order valence-electron chi connectivity index (χ0n) is 15.2. The Hall–Kier alpha value is -1.70. The van der Waals surface area contributed by atoms with E-state index in [1.165, 1.54) is 0 Å². The summed E-state index contributed by atoms with van der Waals surface area (Å²) in [6, 6.07) is 12.3. The van der Waals surface area contributed by atoms with Crippen molar-refractivity contribution in [3.8, 4) is 0 Å². The highest BCUT2D eigenvalue weighted by Crippen LogP contribution is 2.24. The first-order valence-corrected chi connectivity index (χ1v) is 11.2. The summed E-state index contributed by atoms with van der Waals surface area (Å²) in [6.07, 6.45) is 3.08. The number of sulfonamides is 1. The molecule has 1 amide bonds. The van der Waals surface area contributed by atoms with Crippen molar-refractivity contribution in [1.29, 1.82) is 0 Å². The van der Waals surface area contributed by atoms with Crippen molar-refractivity contribution in [2.45, 2.75) is 37.5 Å². The smallest absolute Gasteiger partial charge is 0.243 e. The average Bonchev–Trinajstić information content (AvgIpc) is 2.65. The normalized spacial score (nSPS) is 15.5. The molecule has 0 saturated carbocycles. The van der Waals surface area contributed by atoms with E-state index in [-0.39, 0.29) is 17.2 Å². The van der Waals surface area contributed by atoms with Crippen molar-refractivity contribution in [2.75, 3.05) is 18.4 Å². The third-order valence-electron chi connectivity index (χ3n) is 4.64. The molecule has 0 aromatic heterocycles. The van der Waals surface area contributed by atoms with Crippen molar-refractivity contribution < 1.29 is 13.2 Å².